The van der Waals surface area contributed by atoms with Gasteiger partial charge in [-0.2, -0.15) is 0 Å². The van der Waals surface area contributed by atoms with E-state index in [1.807, 2.05) is 11.1 Å². The van der Waals surface area contributed by atoms with E-state index in [2.05, 4.69) is 6.92 Å². The summed E-state index contributed by atoms with van der Waals surface area (Å²) >= 11 is 1.56. The van der Waals surface area contributed by atoms with Crippen molar-refractivity contribution in [2.24, 2.45) is 17.3 Å². The number of hydrogen-bond acceptors (Lipinski definition) is 0. The molecule has 2 bridgehead atoms. The van der Waals surface area contributed by atoms with Gasteiger partial charge in [0.1, 0.15) is 0 Å². The van der Waals surface area contributed by atoms with Gasteiger partial charge in [-0.05, 0) is 0 Å². The van der Waals surface area contributed by atoms with Crippen LogP contribution in [0.3, 0.4) is 0 Å². The molecule has 2 fully saturated rings. The predicted octanol–water partition coefficient (Wildman–Crippen LogP) is 2.84. The molecular formula is C11H13Zn. The average molecular weight is 211 g/mol. The minimum atomic E-state index is 0.826. The fourth-order valence-corrected chi connectivity index (χ4v) is 6.45. The van der Waals surface area contributed by atoms with Gasteiger partial charge in [-0.1, -0.05) is 0 Å². The Morgan fingerprint density at radius 2 is 2.25 bits per heavy atom. The molecule has 0 N–H and O–H groups in total. The molecule has 0 radical (unpaired) electrons. The Labute approximate surface area is 83.5 Å². The molecule has 4 aliphatic rings. The third-order valence-electron chi connectivity index (χ3n) is 5.38. The second kappa shape index (κ2) is 1.52. The quantitative estimate of drug-likeness (QED) is 0.461. The Kier molecular flexibility index (Phi) is 0.855. The van der Waals surface area contributed by atoms with Crippen molar-refractivity contribution in [3.05, 3.63) is 11.1 Å². The van der Waals surface area contributed by atoms with Gasteiger partial charge in [-0.25, -0.2) is 0 Å². The number of rotatable bonds is 1. The van der Waals surface area contributed by atoms with Crippen LogP contribution in [-0.2, 0) is 18.3 Å². The summed E-state index contributed by atoms with van der Waals surface area (Å²) in [6, 6.07) is 0. The van der Waals surface area contributed by atoms with E-state index in [1.54, 1.807) is 37.6 Å². The maximum atomic E-state index is 2.43. The summed E-state index contributed by atoms with van der Waals surface area (Å²) in [5.74, 6) is 2.18. The van der Waals surface area contributed by atoms with Crippen LogP contribution in [0.1, 0.15) is 32.6 Å². The Bertz CT molecular complexity index is 330. The first-order chi connectivity index (χ1) is 5.72. The van der Waals surface area contributed by atoms with Crippen LogP contribution >= 0.6 is 0 Å². The van der Waals surface area contributed by atoms with Crippen LogP contribution in [-0.4, -0.2) is 0 Å². The van der Waals surface area contributed by atoms with E-state index in [9.17, 15) is 0 Å². The monoisotopic (exact) mass is 209 g/mol. The first kappa shape index (κ1) is 6.76. The number of allylic oxidation sites excluding steroid dienone is 2. The summed E-state index contributed by atoms with van der Waals surface area (Å²) in [6.45, 7) is 2.43. The Balaban J connectivity index is 1.92. The molecule has 4 unspecified atom stereocenters. The molecular weight excluding hydrogens is 198 g/mol. The van der Waals surface area contributed by atoms with Crippen molar-refractivity contribution < 1.29 is 18.3 Å². The van der Waals surface area contributed by atoms with Crippen LogP contribution in [0.2, 0.25) is 4.01 Å². The Morgan fingerprint density at radius 1 is 1.42 bits per heavy atom. The van der Waals surface area contributed by atoms with E-state index in [4.69, 9.17) is 0 Å². The fourth-order valence-electron chi connectivity index (χ4n) is 4.72. The molecule has 1 spiro atoms. The summed E-state index contributed by atoms with van der Waals surface area (Å²) in [7, 11) is 0. The van der Waals surface area contributed by atoms with Crippen molar-refractivity contribution >= 4 is 0 Å². The summed E-state index contributed by atoms with van der Waals surface area (Å²) in [4.78, 5) is 0. The fraction of sp³-hybridized carbons (Fsp3) is 0.818. The molecule has 0 amide bonds. The van der Waals surface area contributed by atoms with E-state index in [0.717, 1.165) is 21.3 Å². The third kappa shape index (κ3) is 0.405. The third-order valence-corrected chi connectivity index (χ3v) is 8.46. The SMILES string of the molecule is CC[C]1([Zn])CC2CC13CC1C2=C13. The molecule has 4 rings (SSSR count). The first-order valence-corrected chi connectivity index (χ1v) is 6.80. The van der Waals surface area contributed by atoms with Crippen molar-refractivity contribution in [3.8, 4) is 0 Å². The van der Waals surface area contributed by atoms with Crippen molar-refractivity contribution in [1.29, 1.82) is 0 Å². The molecule has 2 saturated carbocycles. The van der Waals surface area contributed by atoms with Gasteiger partial charge in [0.15, 0.2) is 0 Å². The first-order valence-electron chi connectivity index (χ1n) is 5.32. The molecule has 4 aliphatic carbocycles. The van der Waals surface area contributed by atoms with Crippen molar-refractivity contribution in [3.63, 3.8) is 0 Å². The van der Waals surface area contributed by atoms with Gasteiger partial charge in [-0.15, -0.1) is 0 Å². The number of fused-ring (bicyclic) bond motifs is 3. The molecule has 59 valence electrons. The van der Waals surface area contributed by atoms with Gasteiger partial charge in [0.05, 0.1) is 0 Å². The topological polar surface area (TPSA) is 0 Å². The summed E-state index contributed by atoms with van der Waals surface area (Å²) in [5, 5.41) is 0. The van der Waals surface area contributed by atoms with E-state index in [0.29, 0.717) is 0 Å². The van der Waals surface area contributed by atoms with Crippen LogP contribution < -0.4 is 0 Å². The second-order valence-electron chi connectivity index (χ2n) is 5.45. The molecule has 4 atom stereocenters. The average Bonchev–Trinajstić information content (AvgIpc) is 2.46. The standard InChI is InChI=1S/C11H13.Zn/c1-2-7-3-6-4-11(7)5-8-9(6)10(8)11;/h6,8H,2-5H2,1H3;. The van der Waals surface area contributed by atoms with E-state index in [1.165, 1.54) is 6.42 Å². The van der Waals surface area contributed by atoms with Gasteiger partial charge in [0.2, 0.25) is 0 Å². The van der Waals surface area contributed by atoms with Crippen LogP contribution in [0.25, 0.3) is 0 Å². The summed E-state index contributed by atoms with van der Waals surface area (Å²) < 4.78 is 0.837. The van der Waals surface area contributed by atoms with Crippen LogP contribution in [0.5, 0.6) is 0 Å². The van der Waals surface area contributed by atoms with E-state index >= 15 is 0 Å². The molecule has 0 aromatic heterocycles. The van der Waals surface area contributed by atoms with E-state index in [-0.39, 0.29) is 0 Å². The maximum absolute atomic E-state index is 2.43. The predicted molar refractivity (Wildman–Crippen MR) is 43.3 cm³/mol. The van der Waals surface area contributed by atoms with Gasteiger partial charge in [-0.3, -0.25) is 0 Å². The van der Waals surface area contributed by atoms with Crippen LogP contribution in [0, 0.1) is 17.3 Å². The van der Waals surface area contributed by atoms with Crippen molar-refractivity contribution in [2.75, 3.05) is 0 Å². The molecule has 0 saturated heterocycles. The molecule has 0 aromatic carbocycles. The van der Waals surface area contributed by atoms with Crippen molar-refractivity contribution in [2.45, 2.75) is 36.6 Å². The Hall–Kier alpha value is 0.363. The molecule has 12 heavy (non-hydrogen) atoms. The molecule has 0 aromatic rings. The van der Waals surface area contributed by atoms with Crippen molar-refractivity contribution in [1.82, 2.24) is 0 Å². The Morgan fingerprint density at radius 3 is 2.83 bits per heavy atom. The molecule has 1 heteroatoms. The van der Waals surface area contributed by atoms with Crippen LogP contribution in [0.15, 0.2) is 11.1 Å². The minimum absolute atomic E-state index is 0.826. The zero-order valence-corrected chi connectivity index (χ0v) is 10.7. The number of hydrogen-bond donors (Lipinski definition) is 0. The van der Waals surface area contributed by atoms with E-state index < -0.39 is 0 Å². The zero-order chi connectivity index (χ0) is 8.14. The van der Waals surface area contributed by atoms with Gasteiger partial charge < -0.3 is 0 Å². The normalized spacial score (nSPS) is 63.6. The van der Waals surface area contributed by atoms with Crippen LogP contribution in [0.4, 0.5) is 0 Å². The molecule has 0 heterocycles. The summed E-state index contributed by atoms with van der Waals surface area (Å²) in [6.07, 6.45) is 6.22. The zero-order valence-electron chi connectivity index (χ0n) is 7.69. The second-order valence-corrected chi connectivity index (χ2v) is 8.29. The van der Waals surface area contributed by atoms with Gasteiger partial charge in [0, 0.05) is 0 Å². The van der Waals surface area contributed by atoms with Gasteiger partial charge in [0.25, 0.3) is 0 Å². The molecule has 0 aliphatic heterocycles. The molecule has 0 nitrogen and oxygen atoms in total. The summed E-state index contributed by atoms with van der Waals surface area (Å²) in [5.41, 5.74) is 4.78. The van der Waals surface area contributed by atoms with Gasteiger partial charge >= 0.3 is 83.3 Å².